The van der Waals surface area contributed by atoms with E-state index in [1.807, 2.05) is 31.2 Å². The van der Waals surface area contributed by atoms with Crippen LogP contribution in [0, 0.1) is 0 Å². The lowest BCUT2D eigenvalue weighted by Crippen LogP contribution is -2.51. The summed E-state index contributed by atoms with van der Waals surface area (Å²) in [4.78, 5) is 0. The van der Waals surface area contributed by atoms with Crippen molar-refractivity contribution in [3.05, 3.63) is 34.3 Å². The Balaban J connectivity index is 2.36. The van der Waals surface area contributed by atoms with Crippen LogP contribution in [0.3, 0.4) is 0 Å². The summed E-state index contributed by atoms with van der Waals surface area (Å²) < 4.78 is 25.3. The van der Waals surface area contributed by atoms with Crippen LogP contribution in [0.25, 0.3) is 0 Å². The first-order valence-corrected chi connectivity index (χ1v) is 8.68. The quantitative estimate of drug-likeness (QED) is 0.906. The van der Waals surface area contributed by atoms with Gasteiger partial charge in [0.15, 0.2) is 9.84 Å². The maximum absolute atomic E-state index is 12.2. The molecule has 1 aliphatic heterocycles. The highest BCUT2D eigenvalue weighted by molar-refractivity contribution is 9.10. The molecule has 1 heterocycles. The maximum atomic E-state index is 12.2. The van der Waals surface area contributed by atoms with Crippen molar-refractivity contribution >= 4 is 25.8 Å². The average molecular weight is 332 g/mol. The summed E-state index contributed by atoms with van der Waals surface area (Å²) in [6.45, 7) is 3.81. The van der Waals surface area contributed by atoms with Crippen molar-refractivity contribution in [3.8, 4) is 0 Å². The van der Waals surface area contributed by atoms with E-state index in [2.05, 4.69) is 21.2 Å². The van der Waals surface area contributed by atoms with Gasteiger partial charge in [-0.3, -0.25) is 0 Å². The van der Waals surface area contributed by atoms with Gasteiger partial charge in [0, 0.05) is 16.6 Å². The molecular formula is C13H18BrNO2S. The molecule has 18 heavy (non-hydrogen) atoms. The largest absolute Gasteiger partial charge is 0.305 e. The number of hydrogen-bond donors (Lipinski definition) is 1. The molecule has 3 unspecified atom stereocenters. The molecule has 0 saturated carbocycles. The highest BCUT2D eigenvalue weighted by Crippen LogP contribution is 2.29. The summed E-state index contributed by atoms with van der Waals surface area (Å²) in [5, 5.41) is 3.07. The number of halogens is 1. The van der Waals surface area contributed by atoms with E-state index >= 15 is 0 Å². The molecule has 3 nitrogen and oxygen atoms in total. The van der Waals surface area contributed by atoms with Gasteiger partial charge in [-0.25, -0.2) is 8.42 Å². The maximum Gasteiger partial charge on any atom is 0.156 e. The molecule has 1 N–H and O–H groups in total. The van der Waals surface area contributed by atoms with E-state index in [0.717, 1.165) is 16.5 Å². The van der Waals surface area contributed by atoms with Gasteiger partial charge < -0.3 is 5.32 Å². The molecule has 1 aliphatic rings. The monoisotopic (exact) mass is 331 g/mol. The van der Waals surface area contributed by atoms with E-state index in [1.165, 1.54) is 0 Å². The fraction of sp³-hybridized carbons (Fsp3) is 0.538. The Morgan fingerprint density at radius 2 is 2.17 bits per heavy atom. The summed E-state index contributed by atoms with van der Waals surface area (Å²) in [6.07, 6.45) is 0.830. The van der Waals surface area contributed by atoms with E-state index in [9.17, 15) is 8.42 Å². The zero-order chi connectivity index (χ0) is 13.3. The molecule has 2 rings (SSSR count). The molecule has 1 aromatic carbocycles. The number of sulfone groups is 1. The van der Waals surface area contributed by atoms with Crippen LogP contribution in [0.2, 0.25) is 0 Å². The fourth-order valence-electron chi connectivity index (χ4n) is 2.38. The smallest absolute Gasteiger partial charge is 0.156 e. The van der Waals surface area contributed by atoms with Crippen LogP contribution in [-0.2, 0) is 9.84 Å². The molecule has 0 amide bonds. The average Bonchev–Trinajstić information content (AvgIpc) is 2.32. The lowest BCUT2D eigenvalue weighted by Gasteiger charge is -2.35. The minimum Gasteiger partial charge on any atom is -0.305 e. The van der Waals surface area contributed by atoms with Crippen molar-refractivity contribution < 1.29 is 8.42 Å². The minimum absolute atomic E-state index is 0.0511. The second-order valence-electron chi connectivity index (χ2n) is 4.84. The second-order valence-corrected chi connectivity index (χ2v) is 8.16. The van der Waals surface area contributed by atoms with E-state index < -0.39 is 9.84 Å². The molecule has 0 bridgehead atoms. The van der Waals surface area contributed by atoms with Crippen molar-refractivity contribution in [1.82, 2.24) is 5.32 Å². The Bertz CT molecular complexity index is 530. The number of hydrogen-bond acceptors (Lipinski definition) is 3. The molecule has 100 valence electrons. The van der Waals surface area contributed by atoms with Gasteiger partial charge in [0.05, 0.1) is 11.0 Å². The zero-order valence-electron chi connectivity index (χ0n) is 10.6. The third kappa shape index (κ3) is 2.78. The SMILES string of the molecule is CCC1CS(=O)(=O)C(C)C(c2cccc(Br)c2)N1. The Kier molecular flexibility index (Phi) is 4.14. The Labute approximate surface area is 117 Å². The van der Waals surface area contributed by atoms with E-state index in [4.69, 9.17) is 0 Å². The first-order chi connectivity index (χ1) is 8.44. The third-order valence-electron chi connectivity index (χ3n) is 3.59. The van der Waals surface area contributed by atoms with Gasteiger partial charge in [-0.1, -0.05) is 35.0 Å². The Morgan fingerprint density at radius 3 is 2.78 bits per heavy atom. The molecule has 0 spiro atoms. The minimum atomic E-state index is -3.01. The highest BCUT2D eigenvalue weighted by atomic mass is 79.9. The molecule has 0 aromatic heterocycles. The summed E-state index contributed by atoms with van der Waals surface area (Å²) in [5.41, 5.74) is 1.03. The third-order valence-corrected chi connectivity index (χ3v) is 6.35. The van der Waals surface area contributed by atoms with Gasteiger partial charge in [-0.2, -0.15) is 0 Å². The van der Waals surface area contributed by atoms with Gasteiger partial charge >= 0.3 is 0 Å². The Hall–Kier alpha value is -0.390. The van der Waals surface area contributed by atoms with Crippen LogP contribution < -0.4 is 5.32 Å². The van der Waals surface area contributed by atoms with Crippen molar-refractivity contribution in [2.75, 3.05) is 5.75 Å². The van der Waals surface area contributed by atoms with Gasteiger partial charge in [0.1, 0.15) is 0 Å². The first-order valence-electron chi connectivity index (χ1n) is 6.17. The Morgan fingerprint density at radius 1 is 1.44 bits per heavy atom. The number of benzene rings is 1. The number of rotatable bonds is 2. The normalized spacial score (nSPS) is 31.2. The molecular weight excluding hydrogens is 314 g/mol. The molecule has 1 fully saturated rings. The molecule has 1 aromatic rings. The lowest BCUT2D eigenvalue weighted by molar-refractivity contribution is 0.404. The zero-order valence-corrected chi connectivity index (χ0v) is 13.0. The first kappa shape index (κ1) is 14.0. The summed E-state index contributed by atoms with van der Waals surface area (Å²) in [5.74, 6) is 0.245. The summed E-state index contributed by atoms with van der Waals surface area (Å²) in [7, 11) is -3.01. The molecule has 1 saturated heterocycles. The standard InChI is InChI=1S/C13H18BrNO2S/c1-3-12-8-18(16,17)9(2)13(15-12)10-5-4-6-11(14)7-10/h4-7,9,12-13,15H,3,8H2,1-2H3. The summed E-state index contributed by atoms with van der Waals surface area (Å²) >= 11 is 3.43. The molecule has 0 radical (unpaired) electrons. The van der Waals surface area contributed by atoms with Crippen LogP contribution in [0.15, 0.2) is 28.7 Å². The predicted octanol–water partition coefficient (Wildman–Crippen LogP) is 2.68. The lowest BCUT2D eigenvalue weighted by atomic mass is 10.0. The van der Waals surface area contributed by atoms with Crippen molar-refractivity contribution in [3.63, 3.8) is 0 Å². The van der Waals surface area contributed by atoms with Crippen molar-refractivity contribution in [2.45, 2.75) is 37.6 Å². The molecule has 3 atom stereocenters. The van der Waals surface area contributed by atoms with Crippen LogP contribution in [-0.4, -0.2) is 25.5 Å². The van der Waals surface area contributed by atoms with E-state index in [-0.39, 0.29) is 23.1 Å². The molecule has 5 heteroatoms. The van der Waals surface area contributed by atoms with Crippen LogP contribution >= 0.6 is 15.9 Å². The second kappa shape index (κ2) is 5.31. The highest BCUT2D eigenvalue weighted by Gasteiger charge is 2.38. The van der Waals surface area contributed by atoms with Gasteiger partial charge in [-0.05, 0) is 31.0 Å². The van der Waals surface area contributed by atoms with E-state index in [1.54, 1.807) is 6.92 Å². The van der Waals surface area contributed by atoms with Crippen LogP contribution in [0.5, 0.6) is 0 Å². The van der Waals surface area contributed by atoms with Gasteiger partial charge in [-0.15, -0.1) is 0 Å². The van der Waals surface area contributed by atoms with Crippen LogP contribution in [0.4, 0.5) is 0 Å². The predicted molar refractivity (Wildman–Crippen MR) is 77.3 cm³/mol. The van der Waals surface area contributed by atoms with Gasteiger partial charge in [0.25, 0.3) is 0 Å². The molecule has 0 aliphatic carbocycles. The number of nitrogens with one attached hydrogen (secondary N) is 1. The summed E-state index contributed by atoms with van der Waals surface area (Å²) in [6, 6.07) is 7.79. The topological polar surface area (TPSA) is 46.2 Å². The van der Waals surface area contributed by atoms with Gasteiger partial charge in [0.2, 0.25) is 0 Å². The van der Waals surface area contributed by atoms with Crippen molar-refractivity contribution in [2.24, 2.45) is 0 Å². The fourth-order valence-corrected chi connectivity index (χ4v) is 4.64. The van der Waals surface area contributed by atoms with Crippen LogP contribution in [0.1, 0.15) is 31.9 Å². The van der Waals surface area contributed by atoms with Crippen molar-refractivity contribution in [1.29, 1.82) is 0 Å². The van der Waals surface area contributed by atoms with E-state index in [0.29, 0.717) is 0 Å².